The van der Waals surface area contributed by atoms with E-state index in [2.05, 4.69) is 5.10 Å². The molecule has 0 saturated carbocycles. The third kappa shape index (κ3) is 5.72. The van der Waals surface area contributed by atoms with Gasteiger partial charge in [0.2, 0.25) is 0 Å². The molecule has 0 spiro atoms. The molecule has 1 amide bonds. The number of ether oxygens (including phenoxy) is 3. The Kier molecular flexibility index (Phi) is 7.49. The third-order valence-corrected chi connectivity index (χ3v) is 6.68. The van der Waals surface area contributed by atoms with Crippen molar-refractivity contribution in [2.24, 2.45) is 0 Å². The van der Waals surface area contributed by atoms with Crippen molar-refractivity contribution in [2.45, 2.75) is 20.4 Å². The molecule has 1 N–H and O–H groups in total. The Labute approximate surface area is 226 Å². The standard InChI is InChI=1S/C30H29N3O6/c1-20-5-3-8-27(21(20)2)37-15-16-39-30(36)33-13-14-38-28-25(6-4-7-26(28)33)24-17-31-32(19-24)18-22-9-11-23(12-10-22)29(34)35/h3-12,17,19H,13-16,18H2,1-2H3,(H,34,35). The highest BCUT2D eigenvalue weighted by Gasteiger charge is 2.27. The maximum atomic E-state index is 13.0. The zero-order valence-corrected chi connectivity index (χ0v) is 21.8. The number of nitrogens with zero attached hydrogens (tertiary/aromatic N) is 3. The summed E-state index contributed by atoms with van der Waals surface area (Å²) in [5, 5.41) is 13.6. The molecule has 9 nitrogen and oxygen atoms in total. The summed E-state index contributed by atoms with van der Waals surface area (Å²) in [4.78, 5) is 25.6. The molecular weight excluding hydrogens is 498 g/mol. The number of hydrogen-bond donors (Lipinski definition) is 1. The number of hydrogen-bond acceptors (Lipinski definition) is 6. The fourth-order valence-electron chi connectivity index (χ4n) is 4.43. The van der Waals surface area contributed by atoms with Crippen LogP contribution in [0.15, 0.2) is 73.1 Å². The highest BCUT2D eigenvalue weighted by Crippen LogP contribution is 2.40. The number of aryl methyl sites for hydroxylation is 1. The second-order valence-corrected chi connectivity index (χ2v) is 9.24. The van der Waals surface area contributed by atoms with E-state index in [0.717, 1.165) is 33.6 Å². The zero-order chi connectivity index (χ0) is 27.4. The molecule has 0 radical (unpaired) electrons. The van der Waals surface area contributed by atoms with Crippen LogP contribution in [-0.2, 0) is 11.3 Å². The summed E-state index contributed by atoms with van der Waals surface area (Å²) >= 11 is 0. The van der Waals surface area contributed by atoms with Gasteiger partial charge in [-0.3, -0.25) is 9.58 Å². The molecule has 4 aromatic rings. The molecule has 9 heteroatoms. The first-order chi connectivity index (χ1) is 18.9. The van der Waals surface area contributed by atoms with Crippen LogP contribution in [0.4, 0.5) is 10.5 Å². The van der Waals surface area contributed by atoms with E-state index < -0.39 is 12.1 Å². The van der Waals surface area contributed by atoms with Gasteiger partial charge in [-0.05, 0) is 54.8 Å². The van der Waals surface area contributed by atoms with Crippen molar-refractivity contribution < 1.29 is 28.9 Å². The van der Waals surface area contributed by atoms with Crippen LogP contribution in [0.25, 0.3) is 11.1 Å². The van der Waals surface area contributed by atoms with Gasteiger partial charge in [-0.2, -0.15) is 5.10 Å². The predicted molar refractivity (Wildman–Crippen MR) is 146 cm³/mol. The van der Waals surface area contributed by atoms with Crippen LogP contribution in [0.3, 0.4) is 0 Å². The van der Waals surface area contributed by atoms with Crippen LogP contribution in [-0.4, -0.2) is 53.3 Å². The van der Waals surface area contributed by atoms with Crippen molar-refractivity contribution in [2.75, 3.05) is 31.3 Å². The monoisotopic (exact) mass is 527 g/mol. The van der Waals surface area contributed by atoms with E-state index in [4.69, 9.17) is 19.3 Å². The second-order valence-electron chi connectivity index (χ2n) is 9.24. The van der Waals surface area contributed by atoms with Gasteiger partial charge in [-0.15, -0.1) is 0 Å². The number of anilines is 1. The smallest absolute Gasteiger partial charge is 0.414 e. The predicted octanol–water partition coefficient (Wildman–Crippen LogP) is 5.33. The lowest BCUT2D eigenvalue weighted by atomic mass is 10.1. The zero-order valence-electron chi connectivity index (χ0n) is 21.8. The van der Waals surface area contributed by atoms with Crippen LogP contribution in [0.1, 0.15) is 27.0 Å². The average Bonchev–Trinajstić information content (AvgIpc) is 3.41. The van der Waals surface area contributed by atoms with Crippen molar-refractivity contribution >= 4 is 17.7 Å². The number of carboxylic acids is 1. The number of para-hydroxylation sites is 1. The van der Waals surface area contributed by atoms with E-state index in [0.29, 0.717) is 31.1 Å². The van der Waals surface area contributed by atoms with E-state index in [1.807, 2.05) is 56.4 Å². The molecule has 0 bridgehead atoms. The Morgan fingerprint density at radius 1 is 1.03 bits per heavy atom. The second kappa shape index (κ2) is 11.3. The minimum atomic E-state index is -0.958. The van der Waals surface area contributed by atoms with E-state index in [1.165, 1.54) is 0 Å². The quantitative estimate of drug-likeness (QED) is 0.309. The maximum absolute atomic E-state index is 13.0. The van der Waals surface area contributed by atoms with Gasteiger partial charge < -0.3 is 19.3 Å². The Balaban J connectivity index is 1.25. The highest BCUT2D eigenvalue weighted by molar-refractivity contribution is 5.93. The fraction of sp³-hybridized carbons (Fsp3) is 0.233. The largest absolute Gasteiger partial charge is 0.490 e. The molecule has 200 valence electrons. The van der Waals surface area contributed by atoms with Crippen LogP contribution >= 0.6 is 0 Å². The first-order valence-corrected chi connectivity index (χ1v) is 12.6. The van der Waals surface area contributed by atoms with Gasteiger partial charge in [0, 0.05) is 17.3 Å². The number of carbonyl (C=O) groups is 2. The number of amides is 1. The van der Waals surface area contributed by atoms with Crippen molar-refractivity contribution in [3.05, 3.63) is 95.3 Å². The number of fused-ring (bicyclic) bond motifs is 1. The van der Waals surface area contributed by atoms with Gasteiger partial charge >= 0.3 is 12.1 Å². The molecule has 0 unspecified atom stereocenters. The molecule has 39 heavy (non-hydrogen) atoms. The van der Waals surface area contributed by atoms with E-state index in [9.17, 15) is 9.59 Å². The lowest BCUT2D eigenvalue weighted by Crippen LogP contribution is -2.39. The van der Waals surface area contributed by atoms with Crippen molar-refractivity contribution in [3.8, 4) is 22.6 Å². The Morgan fingerprint density at radius 2 is 1.82 bits per heavy atom. The molecule has 0 aliphatic carbocycles. The first-order valence-electron chi connectivity index (χ1n) is 12.6. The van der Waals surface area contributed by atoms with Crippen LogP contribution < -0.4 is 14.4 Å². The van der Waals surface area contributed by atoms with Gasteiger partial charge in [0.05, 0.1) is 30.5 Å². The van der Waals surface area contributed by atoms with Crippen molar-refractivity contribution in [1.82, 2.24) is 9.78 Å². The van der Waals surface area contributed by atoms with Crippen LogP contribution in [0.2, 0.25) is 0 Å². The molecule has 1 aliphatic rings. The minimum absolute atomic E-state index is 0.124. The van der Waals surface area contributed by atoms with E-state index in [1.54, 1.807) is 40.0 Å². The SMILES string of the molecule is Cc1cccc(OCCOC(=O)N2CCOc3c(-c4cnn(Cc5ccc(C(=O)O)cc5)c4)cccc32)c1C. The van der Waals surface area contributed by atoms with Crippen LogP contribution in [0.5, 0.6) is 11.5 Å². The Morgan fingerprint density at radius 3 is 2.62 bits per heavy atom. The van der Waals surface area contributed by atoms with Gasteiger partial charge in [0.15, 0.2) is 5.75 Å². The molecule has 2 heterocycles. The number of rotatable bonds is 8. The lowest BCUT2D eigenvalue weighted by molar-refractivity contribution is 0.0696. The summed E-state index contributed by atoms with van der Waals surface area (Å²) in [5.74, 6) is 0.420. The molecule has 0 saturated heterocycles. The summed E-state index contributed by atoms with van der Waals surface area (Å²) in [6, 6.07) is 18.2. The average molecular weight is 528 g/mol. The third-order valence-electron chi connectivity index (χ3n) is 6.68. The highest BCUT2D eigenvalue weighted by atomic mass is 16.6. The lowest BCUT2D eigenvalue weighted by Gasteiger charge is -2.30. The normalized spacial score (nSPS) is 12.4. The Hall–Kier alpha value is -4.79. The summed E-state index contributed by atoms with van der Waals surface area (Å²) in [7, 11) is 0. The molecule has 0 atom stereocenters. The minimum Gasteiger partial charge on any atom is -0.490 e. The van der Waals surface area contributed by atoms with Crippen molar-refractivity contribution in [3.63, 3.8) is 0 Å². The summed E-state index contributed by atoms with van der Waals surface area (Å²) in [6.45, 7) is 5.60. The summed E-state index contributed by atoms with van der Waals surface area (Å²) < 4.78 is 19.1. The molecule has 3 aromatic carbocycles. The number of benzene rings is 3. The van der Waals surface area contributed by atoms with Crippen LogP contribution in [0, 0.1) is 13.8 Å². The fourth-order valence-corrected chi connectivity index (χ4v) is 4.43. The summed E-state index contributed by atoms with van der Waals surface area (Å²) in [6.07, 6.45) is 3.18. The number of carboxylic acid groups (broad SMARTS) is 1. The number of aromatic carboxylic acids is 1. The maximum Gasteiger partial charge on any atom is 0.414 e. The number of aromatic nitrogens is 2. The van der Waals surface area contributed by atoms with Gasteiger partial charge in [0.25, 0.3) is 0 Å². The first kappa shape index (κ1) is 25.8. The van der Waals surface area contributed by atoms with E-state index in [-0.39, 0.29) is 18.8 Å². The molecular formula is C30H29N3O6. The Bertz CT molecular complexity index is 1500. The molecule has 1 aliphatic heterocycles. The van der Waals surface area contributed by atoms with Gasteiger partial charge in [0.1, 0.15) is 25.6 Å². The molecule has 0 fully saturated rings. The van der Waals surface area contributed by atoms with E-state index >= 15 is 0 Å². The number of carbonyl (C=O) groups excluding carboxylic acids is 1. The van der Waals surface area contributed by atoms with Crippen molar-refractivity contribution in [1.29, 1.82) is 0 Å². The molecule has 1 aromatic heterocycles. The van der Waals surface area contributed by atoms with Gasteiger partial charge in [-0.1, -0.05) is 36.4 Å². The van der Waals surface area contributed by atoms with Gasteiger partial charge in [-0.25, -0.2) is 9.59 Å². The topological polar surface area (TPSA) is 103 Å². The summed E-state index contributed by atoms with van der Waals surface area (Å²) in [5.41, 5.74) is 5.67. The molecule has 5 rings (SSSR count).